The number of halogens is 2. The zero-order valence-corrected chi connectivity index (χ0v) is 22.1. The molecule has 1 aromatic heterocycles. The Kier molecular flexibility index (Phi) is 7.87. The molecule has 0 unspecified atom stereocenters. The first kappa shape index (κ1) is 26.7. The lowest BCUT2D eigenvalue weighted by Gasteiger charge is -2.35. The molecule has 9 nitrogen and oxygen atoms in total. The standard InChI is InChI=1S/C26H27Cl2N5O4/c1-14(13-34)30-26-31-22-12-32(24(36)17-6-9-20(27)21(28)11-17)15(2)10-19(22)25(37)33(26)18-7-4-16(5-8-18)23(35)29-3/h4-9,11,14-15,34H,10,12-13H2,1-3H3,(H,29,35)(H,30,31)/t14-,15-/m1/s1. The van der Waals surface area contributed by atoms with Gasteiger partial charge < -0.3 is 20.6 Å². The van der Waals surface area contributed by atoms with Crippen LogP contribution in [-0.2, 0) is 13.0 Å². The molecule has 4 rings (SSSR count). The number of aromatic nitrogens is 2. The minimum atomic E-state index is -0.391. The van der Waals surface area contributed by atoms with Gasteiger partial charge in [-0.1, -0.05) is 23.2 Å². The second-order valence-corrected chi connectivity index (χ2v) is 9.78. The number of carbonyl (C=O) groups is 2. The average Bonchev–Trinajstić information content (AvgIpc) is 2.89. The maximum atomic E-state index is 13.8. The summed E-state index contributed by atoms with van der Waals surface area (Å²) in [5.74, 6) is -0.254. The molecule has 2 aromatic carbocycles. The fraction of sp³-hybridized carbons (Fsp3) is 0.308. The van der Waals surface area contributed by atoms with Gasteiger partial charge in [0.15, 0.2) is 0 Å². The molecule has 3 N–H and O–H groups in total. The first-order valence-electron chi connectivity index (χ1n) is 11.7. The van der Waals surface area contributed by atoms with Crippen molar-refractivity contribution in [2.45, 2.75) is 38.9 Å². The van der Waals surface area contributed by atoms with Gasteiger partial charge in [-0.2, -0.15) is 0 Å². The first-order valence-corrected chi connectivity index (χ1v) is 12.5. The minimum Gasteiger partial charge on any atom is -0.394 e. The van der Waals surface area contributed by atoms with Crippen LogP contribution in [0.5, 0.6) is 0 Å². The lowest BCUT2D eigenvalue weighted by molar-refractivity contribution is 0.0653. The molecule has 1 aliphatic rings. The number of nitrogens with one attached hydrogen (secondary N) is 2. The van der Waals surface area contributed by atoms with Gasteiger partial charge in [0, 0.05) is 35.8 Å². The summed E-state index contributed by atoms with van der Waals surface area (Å²) in [6, 6.07) is 10.6. The highest BCUT2D eigenvalue weighted by molar-refractivity contribution is 6.42. The van der Waals surface area contributed by atoms with E-state index >= 15 is 0 Å². The predicted octanol–water partition coefficient (Wildman–Crippen LogP) is 3.28. The van der Waals surface area contributed by atoms with Gasteiger partial charge in [0.2, 0.25) is 5.95 Å². The van der Waals surface area contributed by atoms with Crippen LogP contribution in [0.3, 0.4) is 0 Å². The van der Waals surface area contributed by atoms with Gasteiger partial charge in [-0.3, -0.25) is 14.4 Å². The fourth-order valence-corrected chi connectivity index (χ4v) is 4.53. The number of benzene rings is 2. The number of amides is 2. The molecule has 1 aliphatic heterocycles. The molecular formula is C26H27Cl2N5O4. The van der Waals surface area contributed by atoms with Gasteiger partial charge in [-0.05, 0) is 62.7 Å². The average molecular weight is 544 g/mol. The van der Waals surface area contributed by atoms with E-state index in [0.29, 0.717) is 39.5 Å². The summed E-state index contributed by atoms with van der Waals surface area (Å²) in [6.07, 6.45) is 0.306. The van der Waals surface area contributed by atoms with Crippen LogP contribution in [-0.4, -0.2) is 57.1 Å². The Balaban J connectivity index is 1.76. The maximum absolute atomic E-state index is 13.8. The summed E-state index contributed by atoms with van der Waals surface area (Å²) < 4.78 is 1.43. The zero-order valence-electron chi connectivity index (χ0n) is 20.6. The van der Waals surface area contributed by atoms with Crippen LogP contribution in [0.4, 0.5) is 5.95 Å². The quantitative estimate of drug-likeness (QED) is 0.439. The largest absolute Gasteiger partial charge is 0.394 e. The lowest BCUT2D eigenvalue weighted by atomic mass is 9.98. The molecule has 0 fully saturated rings. The summed E-state index contributed by atoms with van der Waals surface area (Å²) in [7, 11) is 1.54. The van der Waals surface area contributed by atoms with Crippen LogP contribution in [0.1, 0.15) is 45.8 Å². The number of hydrogen-bond donors (Lipinski definition) is 3. The van der Waals surface area contributed by atoms with Crippen LogP contribution in [0.2, 0.25) is 10.0 Å². The van der Waals surface area contributed by atoms with E-state index in [1.165, 1.54) is 10.6 Å². The third kappa shape index (κ3) is 5.34. The summed E-state index contributed by atoms with van der Waals surface area (Å²) in [4.78, 5) is 45.4. The van der Waals surface area contributed by atoms with E-state index in [1.54, 1.807) is 55.3 Å². The van der Waals surface area contributed by atoms with Crippen LogP contribution < -0.4 is 16.2 Å². The second-order valence-electron chi connectivity index (χ2n) is 8.97. The molecule has 2 amide bonds. The molecule has 0 aliphatic carbocycles. The molecule has 3 aromatic rings. The molecular weight excluding hydrogens is 517 g/mol. The van der Waals surface area contributed by atoms with Crippen LogP contribution in [0.15, 0.2) is 47.3 Å². The minimum absolute atomic E-state index is 0.128. The normalized spacial score (nSPS) is 15.6. The molecule has 0 spiro atoms. The van der Waals surface area contributed by atoms with Gasteiger partial charge in [0.05, 0.1) is 34.6 Å². The summed E-state index contributed by atoms with van der Waals surface area (Å²) in [5.41, 5.74) is 2.06. The third-order valence-corrected chi connectivity index (χ3v) is 7.04. The number of aliphatic hydroxyl groups is 1. The molecule has 0 radical (unpaired) electrons. The predicted molar refractivity (Wildman–Crippen MR) is 143 cm³/mol. The van der Waals surface area contributed by atoms with Crippen molar-refractivity contribution in [2.24, 2.45) is 0 Å². The van der Waals surface area contributed by atoms with Crippen LogP contribution >= 0.6 is 23.2 Å². The Labute approximate surface area is 224 Å². The van der Waals surface area contributed by atoms with Gasteiger partial charge in [-0.15, -0.1) is 0 Å². The number of anilines is 1. The van der Waals surface area contributed by atoms with E-state index in [0.717, 1.165) is 0 Å². The van der Waals surface area contributed by atoms with E-state index in [2.05, 4.69) is 10.6 Å². The molecule has 0 bridgehead atoms. The van der Waals surface area contributed by atoms with Crippen molar-refractivity contribution < 1.29 is 14.7 Å². The van der Waals surface area contributed by atoms with Crippen molar-refractivity contribution in [1.29, 1.82) is 0 Å². The number of aliphatic hydroxyl groups excluding tert-OH is 1. The highest BCUT2D eigenvalue weighted by atomic mass is 35.5. The van der Waals surface area contributed by atoms with Crippen molar-refractivity contribution in [3.05, 3.63) is 85.2 Å². The van der Waals surface area contributed by atoms with Gasteiger partial charge >= 0.3 is 0 Å². The Morgan fingerprint density at radius 1 is 1.14 bits per heavy atom. The number of fused-ring (bicyclic) bond motifs is 1. The SMILES string of the molecule is CNC(=O)c1ccc(-n2c(N[C@H](C)CO)nc3c(c2=O)C[C@@H](C)N(C(=O)c2ccc(Cl)c(Cl)c2)C3)cc1. The first-order chi connectivity index (χ1) is 17.6. The number of hydrogen-bond acceptors (Lipinski definition) is 6. The highest BCUT2D eigenvalue weighted by Gasteiger charge is 2.32. The van der Waals surface area contributed by atoms with Crippen molar-refractivity contribution in [1.82, 2.24) is 19.8 Å². The number of nitrogens with zero attached hydrogens (tertiary/aromatic N) is 3. The van der Waals surface area contributed by atoms with E-state index in [4.69, 9.17) is 28.2 Å². The summed E-state index contributed by atoms with van der Waals surface area (Å²) >= 11 is 12.1. The number of carbonyl (C=O) groups excluding carboxylic acids is 2. The molecule has 2 atom stereocenters. The van der Waals surface area contributed by atoms with Gasteiger partial charge in [0.25, 0.3) is 17.4 Å². The van der Waals surface area contributed by atoms with Crippen molar-refractivity contribution in [3.8, 4) is 5.69 Å². The molecule has 194 valence electrons. The van der Waals surface area contributed by atoms with Crippen LogP contribution in [0.25, 0.3) is 5.69 Å². The molecule has 2 heterocycles. The molecule has 0 saturated heterocycles. The van der Waals surface area contributed by atoms with E-state index in [1.807, 2.05) is 6.92 Å². The summed E-state index contributed by atoms with van der Waals surface area (Å²) in [5, 5.41) is 15.9. The Hall–Kier alpha value is -3.40. The van der Waals surface area contributed by atoms with E-state index < -0.39 is 6.04 Å². The monoisotopic (exact) mass is 543 g/mol. The highest BCUT2D eigenvalue weighted by Crippen LogP contribution is 2.27. The van der Waals surface area contributed by atoms with Crippen molar-refractivity contribution in [3.63, 3.8) is 0 Å². The fourth-order valence-electron chi connectivity index (χ4n) is 4.23. The molecule has 11 heteroatoms. The van der Waals surface area contributed by atoms with Gasteiger partial charge in [0.1, 0.15) is 0 Å². The van der Waals surface area contributed by atoms with Crippen molar-refractivity contribution in [2.75, 3.05) is 19.0 Å². The molecule has 0 saturated carbocycles. The topological polar surface area (TPSA) is 117 Å². The van der Waals surface area contributed by atoms with E-state index in [9.17, 15) is 19.5 Å². The number of rotatable bonds is 6. The van der Waals surface area contributed by atoms with E-state index in [-0.39, 0.29) is 47.5 Å². The molecule has 37 heavy (non-hydrogen) atoms. The van der Waals surface area contributed by atoms with Crippen molar-refractivity contribution >= 4 is 41.0 Å². The zero-order chi connectivity index (χ0) is 26.9. The van der Waals surface area contributed by atoms with Gasteiger partial charge in [-0.25, -0.2) is 9.55 Å². The Morgan fingerprint density at radius 2 is 1.81 bits per heavy atom. The van der Waals surface area contributed by atoms with Crippen LogP contribution in [0, 0.1) is 0 Å². The third-order valence-electron chi connectivity index (χ3n) is 6.31. The maximum Gasteiger partial charge on any atom is 0.263 e. The Bertz CT molecular complexity index is 1410. The smallest absolute Gasteiger partial charge is 0.263 e. The second kappa shape index (κ2) is 10.9. The lowest BCUT2D eigenvalue weighted by Crippen LogP contribution is -2.46. The summed E-state index contributed by atoms with van der Waals surface area (Å²) in [6.45, 7) is 3.58. The Morgan fingerprint density at radius 3 is 2.43 bits per heavy atom.